The monoisotopic (exact) mass is 410 g/mol. The van der Waals surface area contributed by atoms with Gasteiger partial charge in [-0.3, -0.25) is 9.59 Å². The Balaban J connectivity index is 1.74. The molecule has 0 unspecified atom stereocenters. The summed E-state index contributed by atoms with van der Waals surface area (Å²) in [5, 5.41) is 8.12. The Labute approximate surface area is 172 Å². The van der Waals surface area contributed by atoms with Gasteiger partial charge in [0.05, 0.1) is 0 Å². The van der Waals surface area contributed by atoms with Gasteiger partial charge in [-0.1, -0.05) is 47.5 Å². The van der Waals surface area contributed by atoms with E-state index in [-0.39, 0.29) is 17.5 Å². The van der Waals surface area contributed by atoms with E-state index in [1.807, 2.05) is 48.7 Å². The molecule has 6 heteroatoms. The molecule has 0 spiro atoms. The summed E-state index contributed by atoms with van der Waals surface area (Å²) in [4.78, 5) is 26.2. The molecule has 2 amide bonds. The molecule has 1 aromatic heterocycles. The summed E-state index contributed by atoms with van der Waals surface area (Å²) >= 11 is 7.37. The maximum absolute atomic E-state index is 12.7. The number of amides is 2. The highest BCUT2D eigenvalue weighted by Gasteiger charge is 2.15. The number of hydrogen-bond acceptors (Lipinski definition) is 3. The maximum atomic E-state index is 12.7. The van der Waals surface area contributed by atoms with Crippen LogP contribution >= 0.6 is 22.9 Å². The van der Waals surface area contributed by atoms with E-state index >= 15 is 0 Å². The summed E-state index contributed by atoms with van der Waals surface area (Å²) in [7, 11) is 0. The number of thiophene rings is 1. The fourth-order valence-electron chi connectivity index (χ4n) is 2.45. The number of rotatable bonds is 6. The number of nitrogens with one attached hydrogen (secondary N) is 2. The first kappa shape index (κ1) is 19.9. The Bertz CT molecular complexity index is 978. The van der Waals surface area contributed by atoms with Gasteiger partial charge in [0.2, 0.25) is 0 Å². The molecule has 2 N–H and O–H groups in total. The first-order valence-electron chi connectivity index (χ1n) is 8.67. The molecule has 0 aliphatic carbocycles. The quantitative estimate of drug-likeness (QED) is 0.573. The van der Waals surface area contributed by atoms with Gasteiger partial charge >= 0.3 is 0 Å². The van der Waals surface area contributed by atoms with Crippen molar-refractivity contribution in [3.8, 4) is 0 Å². The van der Waals surface area contributed by atoms with Crippen LogP contribution in [-0.4, -0.2) is 11.8 Å². The lowest BCUT2D eigenvalue weighted by Crippen LogP contribution is -2.34. The number of carbonyl (C=O) groups is 2. The van der Waals surface area contributed by atoms with E-state index in [4.69, 9.17) is 11.6 Å². The molecule has 0 fully saturated rings. The summed E-state index contributed by atoms with van der Waals surface area (Å²) < 4.78 is 0. The molecule has 2 aromatic carbocycles. The van der Waals surface area contributed by atoms with E-state index in [2.05, 4.69) is 10.6 Å². The Morgan fingerprint density at radius 1 is 1.04 bits per heavy atom. The van der Waals surface area contributed by atoms with Crippen LogP contribution in [0, 0.1) is 6.92 Å². The van der Waals surface area contributed by atoms with Crippen LogP contribution in [-0.2, 0) is 11.3 Å². The minimum Gasteiger partial charge on any atom is -0.347 e. The van der Waals surface area contributed by atoms with Crippen LogP contribution in [0.1, 0.15) is 26.4 Å². The van der Waals surface area contributed by atoms with Crippen LogP contribution in [0.5, 0.6) is 0 Å². The Morgan fingerprint density at radius 2 is 1.75 bits per heavy atom. The first-order chi connectivity index (χ1) is 13.5. The molecule has 0 saturated carbocycles. The molecule has 0 atom stereocenters. The van der Waals surface area contributed by atoms with E-state index in [1.165, 1.54) is 11.3 Å². The number of benzene rings is 2. The zero-order chi connectivity index (χ0) is 19.9. The molecule has 0 aliphatic rings. The third-order valence-corrected chi connectivity index (χ3v) is 5.07. The fourth-order valence-corrected chi connectivity index (χ4v) is 3.24. The topological polar surface area (TPSA) is 58.2 Å². The van der Waals surface area contributed by atoms with Gasteiger partial charge in [0.25, 0.3) is 11.8 Å². The Hall–Kier alpha value is -2.89. The van der Waals surface area contributed by atoms with Gasteiger partial charge in [-0.15, -0.1) is 11.3 Å². The number of aryl methyl sites for hydroxylation is 1. The predicted octanol–water partition coefficient (Wildman–Crippen LogP) is 4.80. The van der Waals surface area contributed by atoms with E-state index in [0.29, 0.717) is 17.1 Å². The summed E-state index contributed by atoms with van der Waals surface area (Å²) in [6.45, 7) is 2.28. The summed E-state index contributed by atoms with van der Waals surface area (Å²) in [5.41, 5.74) is 2.67. The lowest BCUT2D eigenvalue weighted by Gasteiger charge is -2.11. The molecule has 0 radical (unpaired) electrons. The minimum atomic E-state index is -0.358. The van der Waals surface area contributed by atoms with Crippen molar-refractivity contribution in [3.63, 3.8) is 0 Å². The predicted molar refractivity (Wildman–Crippen MR) is 114 cm³/mol. The molecular weight excluding hydrogens is 392 g/mol. The van der Waals surface area contributed by atoms with E-state index in [0.717, 1.165) is 16.0 Å². The minimum absolute atomic E-state index is 0.196. The van der Waals surface area contributed by atoms with Crippen LogP contribution < -0.4 is 10.6 Å². The zero-order valence-electron chi connectivity index (χ0n) is 15.2. The number of carbonyl (C=O) groups excluding carboxylic acids is 2. The van der Waals surface area contributed by atoms with Gasteiger partial charge < -0.3 is 10.6 Å². The number of hydrogen-bond donors (Lipinski definition) is 2. The highest BCUT2D eigenvalue weighted by atomic mass is 35.5. The fraction of sp³-hybridized carbons (Fsp3) is 0.0909. The van der Waals surface area contributed by atoms with Crippen LogP contribution in [0.3, 0.4) is 0 Å². The van der Waals surface area contributed by atoms with Gasteiger partial charge in [0.15, 0.2) is 0 Å². The van der Waals surface area contributed by atoms with Crippen molar-refractivity contribution in [3.05, 3.63) is 98.3 Å². The van der Waals surface area contributed by atoms with Crippen molar-refractivity contribution in [2.45, 2.75) is 13.5 Å². The van der Waals surface area contributed by atoms with Gasteiger partial charge in [0.1, 0.15) is 5.70 Å². The van der Waals surface area contributed by atoms with Crippen molar-refractivity contribution < 1.29 is 9.59 Å². The smallest absolute Gasteiger partial charge is 0.268 e. The molecule has 3 aromatic rings. The lowest BCUT2D eigenvalue weighted by molar-refractivity contribution is -0.117. The van der Waals surface area contributed by atoms with Crippen molar-refractivity contribution in [2.75, 3.05) is 0 Å². The van der Waals surface area contributed by atoms with Gasteiger partial charge in [-0.2, -0.15) is 0 Å². The molecule has 0 saturated heterocycles. The van der Waals surface area contributed by atoms with Crippen LogP contribution in [0.25, 0.3) is 6.08 Å². The van der Waals surface area contributed by atoms with Crippen molar-refractivity contribution in [2.24, 2.45) is 0 Å². The molecule has 142 valence electrons. The van der Waals surface area contributed by atoms with E-state index < -0.39 is 0 Å². The van der Waals surface area contributed by atoms with Crippen molar-refractivity contribution in [1.82, 2.24) is 10.6 Å². The Morgan fingerprint density at radius 3 is 2.39 bits per heavy atom. The van der Waals surface area contributed by atoms with Crippen molar-refractivity contribution in [1.29, 1.82) is 0 Å². The maximum Gasteiger partial charge on any atom is 0.268 e. The highest BCUT2D eigenvalue weighted by molar-refractivity contribution is 7.10. The summed E-state index contributed by atoms with van der Waals surface area (Å²) in [6, 6.07) is 18.2. The zero-order valence-corrected chi connectivity index (χ0v) is 16.8. The SMILES string of the molecule is Cc1ccc(C(=O)N/C(=C\c2cccs2)C(=O)NCc2ccc(Cl)cc2)cc1. The van der Waals surface area contributed by atoms with Gasteiger partial charge in [-0.25, -0.2) is 0 Å². The van der Waals surface area contributed by atoms with Crippen molar-refractivity contribution >= 4 is 40.8 Å². The molecule has 3 rings (SSSR count). The second-order valence-corrected chi connectivity index (χ2v) is 7.62. The second-order valence-electron chi connectivity index (χ2n) is 6.20. The molecule has 4 nitrogen and oxygen atoms in total. The van der Waals surface area contributed by atoms with E-state index in [1.54, 1.807) is 30.3 Å². The molecular formula is C22H19ClN2O2S. The highest BCUT2D eigenvalue weighted by Crippen LogP contribution is 2.14. The average molecular weight is 411 g/mol. The normalized spacial score (nSPS) is 11.1. The third kappa shape index (κ3) is 5.55. The molecule has 0 aliphatic heterocycles. The third-order valence-electron chi connectivity index (χ3n) is 4.00. The van der Waals surface area contributed by atoms with Crippen LogP contribution in [0.15, 0.2) is 71.7 Å². The van der Waals surface area contributed by atoms with Crippen LogP contribution in [0.2, 0.25) is 5.02 Å². The van der Waals surface area contributed by atoms with E-state index in [9.17, 15) is 9.59 Å². The molecule has 1 heterocycles. The molecule has 0 bridgehead atoms. The Kier molecular flexibility index (Phi) is 6.63. The summed E-state index contributed by atoms with van der Waals surface area (Å²) in [5.74, 6) is -0.687. The standard InChI is InChI=1S/C22H19ClN2O2S/c1-15-4-8-17(9-5-15)21(26)25-20(13-19-3-2-12-28-19)22(27)24-14-16-6-10-18(23)11-7-16/h2-13H,14H2,1H3,(H,24,27)(H,25,26)/b20-13-. The molecule has 28 heavy (non-hydrogen) atoms. The average Bonchev–Trinajstić information content (AvgIpc) is 3.20. The van der Waals surface area contributed by atoms with Crippen LogP contribution in [0.4, 0.5) is 0 Å². The van der Waals surface area contributed by atoms with Gasteiger partial charge in [0, 0.05) is 22.0 Å². The largest absolute Gasteiger partial charge is 0.347 e. The van der Waals surface area contributed by atoms with Gasteiger partial charge in [-0.05, 0) is 54.3 Å². The lowest BCUT2D eigenvalue weighted by atomic mass is 10.1. The first-order valence-corrected chi connectivity index (χ1v) is 9.93. The summed E-state index contributed by atoms with van der Waals surface area (Å²) in [6.07, 6.45) is 1.67. The number of halogens is 1. The second kappa shape index (κ2) is 9.35.